The largest absolute Gasteiger partial charge is 0.325 e. The zero-order chi connectivity index (χ0) is 15.4. The van der Waals surface area contributed by atoms with Gasteiger partial charge >= 0.3 is 0 Å². The van der Waals surface area contributed by atoms with Crippen LogP contribution in [-0.2, 0) is 4.79 Å². The topological polar surface area (TPSA) is 29.1 Å². The van der Waals surface area contributed by atoms with Crippen molar-refractivity contribution in [2.24, 2.45) is 0 Å². The van der Waals surface area contributed by atoms with Crippen LogP contribution < -0.4 is 5.32 Å². The number of benzene rings is 2. The fourth-order valence-electron chi connectivity index (χ4n) is 1.79. The molecule has 0 unspecified atom stereocenters. The van der Waals surface area contributed by atoms with E-state index in [2.05, 4.69) is 37.2 Å². The van der Waals surface area contributed by atoms with Crippen LogP contribution in [0.15, 0.2) is 50.2 Å². The van der Waals surface area contributed by atoms with Crippen LogP contribution in [0.25, 0.3) is 0 Å². The summed E-state index contributed by atoms with van der Waals surface area (Å²) in [6, 6.07) is 11.8. The summed E-state index contributed by atoms with van der Waals surface area (Å²) in [6.07, 6.45) is 0. The number of carbonyl (C=O) groups excluding carboxylic acids is 1. The Morgan fingerprint density at radius 3 is 2.38 bits per heavy atom. The third-order valence-electron chi connectivity index (χ3n) is 3.18. The molecule has 0 heterocycles. The summed E-state index contributed by atoms with van der Waals surface area (Å²) in [6.45, 7) is 4.04. The second kappa shape index (κ2) is 7.47. The zero-order valence-electron chi connectivity index (χ0n) is 11.7. The molecule has 0 radical (unpaired) electrons. The predicted octanol–water partition coefficient (Wildman–Crippen LogP) is 5.56. The highest BCUT2D eigenvalue weighted by atomic mass is 79.9. The maximum absolute atomic E-state index is 12.0. The van der Waals surface area contributed by atoms with Crippen LogP contribution in [0.2, 0.25) is 0 Å². The fourth-order valence-corrected chi connectivity index (χ4v) is 3.18. The van der Waals surface area contributed by atoms with Gasteiger partial charge in [0.2, 0.25) is 5.91 Å². The first-order valence-electron chi connectivity index (χ1n) is 6.41. The molecule has 21 heavy (non-hydrogen) atoms. The lowest BCUT2D eigenvalue weighted by atomic mass is 10.1. The fraction of sp³-hybridized carbons (Fsp3) is 0.188. The lowest BCUT2D eigenvalue weighted by molar-refractivity contribution is -0.113. The second-order valence-corrected chi connectivity index (χ2v) is 7.45. The van der Waals surface area contributed by atoms with Crippen LogP contribution in [0.5, 0.6) is 0 Å². The summed E-state index contributed by atoms with van der Waals surface area (Å²) in [5.74, 6) is 0.406. The number of hydrogen-bond donors (Lipinski definition) is 1. The molecule has 0 bridgehead atoms. The van der Waals surface area contributed by atoms with Crippen LogP contribution in [0.1, 0.15) is 11.1 Å². The first kappa shape index (κ1) is 16.6. The van der Waals surface area contributed by atoms with Gasteiger partial charge in [-0.3, -0.25) is 4.79 Å². The van der Waals surface area contributed by atoms with E-state index in [9.17, 15) is 4.79 Å². The van der Waals surface area contributed by atoms with Gasteiger partial charge in [0.05, 0.1) is 5.75 Å². The summed E-state index contributed by atoms with van der Waals surface area (Å²) < 4.78 is 2.10. The van der Waals surface area contributed by atoms with Crippen molar-refractivity contribution in [2.75, 3.05) is 11.1 Å². The van der Waals surface area contributed by atoms with E-state index in [0.717, 1.165) is 30.7 Å². The van der Waals surface area contributed by atoms with Crippen molar-refractivity contribution in [3.05, 3.63) is 56.5 Å². The van der Waals surface area contributed by atoms with Crippen molar-refractivity contribution in [3.63, 3.8) is 0 Å². The molecule has 0 aliphatic carbocycles. The van der Waals surface area contributed by atoms with Gasteiger partial charge in [-0.2, -0.15) is 0 Å². The SMILES string of the molecule is Cc1c(Br)ccc(NC(=O)CSc2ccc(Br)cc2)c1C. The standard InChI is InChI=1S/C16H15Br2NOS/c1-10-11(2)15(8-7-14(10)18)19-16(20)9-21-13-5-3-12(17)4-6-13/h3-8H,9H2,1-2H3,(H,19,20). The average molecular weight is 429 g/mol. The zero-order valence-corrected chi connectivity index (χ0v) is 15.7. The predicted molar refractivity (Wildman–Crippen MR) is 97.1 cm³/mol. The van der Waals surface area contributed by atoms with Crippen molar-refractivity contribution < 1.29 is 4.79 Å². The van der Waals surface area contributed by atoms with Gasteiger partial charge in [-0.1, -0.05) is 31.9 Å². The average Bonchev–Trinajstić information content (AvgIpc) is 2.47. The lowest BCUT2D eigenvalue weighted by Gasteiger charge is -2.11. The summed E-state index contributed by atoms with van der Waals surface area (Å²) in [7, 11) is 0. The van der Waals surface area contributed by atoms with E-state index >= 15 is 0 Å². The van der Waals surface area contributed by atoms with Crippen LogP contribution in [0.3, 0.4) is 0 Å². The first-order chi connectivity index (χ1) is 9.97. The number of anilines is 1. The number of halogens is 2. The molecule has 0 fully saturated rings. The molecule has 0 aliphatic rings. The molecule has 2 rings (SSSR count). The number of carbonyl (C=O) groups is 1. The van der Waals surface area contributed by atoms with E-state index < -0.39 is 0 Å². The van der Waals surface area contributed by atoms with Gasteiger partial charge in [-0.15, -0.1) is 11.8 Å². The molecule has 110 valence electrons. The Hall–Kier alpha value is -0.780. The molecule has 2 nitrogen and oxygen atoms in total. The number of amides is 1. The maximum Gasteiger partial charge on any atom is 0.234 e. The Labute approximate surface area is 146 Å². The normalized spacial score (nSPS) is 10.5. The van der Waals surface area contributed by atoms with Gasteiger partial charge in [0.15, 0.2) is 0 Å². The third kappa shape index (κ3) is 4.59. The molecule has 1 N–H and O–H groups in total. The highest BCUT2D eigenvalue weighted by molar-refractivity contribution is 9.10. The maximum atomic E-state index is 12.0. The molecule has 5 heteroatoms. The minimum Gasteiger partial charge on any atom is -0.325 e. The van der Waals surface area contributed by atoms with Crippen molar-refractivity contribution in [1.82, 2.24) is 0 Å². The van der Waals surface area contributed by atoms with E-state index in [1.54, 1.807) is 0 Å². The van der Waals surface area contributed by atoms with Crippen LogP contribution >= 0.6 is 43.6 Å². The van der Waals surface area contributed by atoms with E-state index in [4.69, 9.17) is 0 Å². The molecular formula is C16H15Br2NOS. The molecule has 0 saturated heterocycles. The summed E-state index contributed by atoms with van der Waals surface area (Å²) in [5, 5.41) is 2.97. The molecule has 0 aliphatic heterocycles. The molecular weight excluding hydrogens is 414 g/mol. The minimum absolute atomic E-state index is 0.00717. The van der Waals surface area contributed by atoms with E-state index in [1.165, 1.54) is 11.8 Å². The summed E-state index contributed by atoms with van der Waals surface area (Å²) >= 11 is 8.42. The van der Waals surface area contributed by atoms with Gasteiger partial charge < -0.3 is 5.32 Å². The summed E-state index contributed by atoms with van der Waals surface area (Å²) in [5.41, 5.74) is 3.11. The molecule has 2 aromatic carbocycles. The molecule has 0 aromatic heterocycles. The van der Waals surface area contributed by atoms with Gasteiger partial charge in [0.1, 0.15) is 0 Å². The molecule has 2 aromatic rings. The number of thioether (sulfide) groups is 1. The lowest BCUT2D eigenvalue weighted by Crippen LogP contribution is -2.15. The minimum atomic E-state index is 0.00717. The van der Waals surface area contributed by atoms with Crippen LogP contribution in [-0.4, -0.2) is 11.7 Å². The number of rotatable bonds is 4. The van der Waals surface area contributed by atoms with Crippen molar-refractivity contribution in [3.8, 4) is 0 Å². The van der Waals surface area contributed by atoms with Crippen molar-refractivity contribution >= 4 is 55.2 Å². The van der Waals surface area contributed by atoms with Crippen LogP contribution in [0.4, 0.5) is 5.69 Å². The quantitative estimate of drug-likeness (QED) is 0.645. The Bertz CT molecular complexity index is 656. The molecule has 0 spiro atoms. The smallest absolute Gasteiger partial charge is 0.234 e. The highest BCUT2D eigenvalue weighted by Gasteiger charge is 2.08. The first-order valence-corrected chi connectivity index (χ1v) is 8.98. The monoisotopic (exact) mass is 427 g/mol. The van der Waals surface area contributed by atoms with E-state index in [1.807, 2.05) is 50.2 Å². The Morgan fingerprint density at radius 2 is 1.71 bits per heavy atom. The summed E-state index contributed by atoms with van der Waals surface area (Å²) in [4.78, 5) is 13.1. The van der Waals surface area contributed by atoms with Gasteiger partial charge in [-0.05, 0) is 61.4 Å². The van der Waals surface area contributed by atoms with Crippen molar-refractivity contribution in [1.29, 1.82) is 0 Å². The van der Waals surface area contributed by atoms with Gasteiger partial charge in [-0.25, -0.2) is 0 Å². The van der Waals surface area contributed by atoms with Crippen LogP contribution in [0, 0.1) is 13.8 Å². The third-order valence-corrected chi connectivity index (χ3v) is 5.58. The Morgan fingerprint density at radius 1 is 1.05 bits per heavy atom. The molecule has 1 amide bonds. The molecule has 0 atom stereocenters. The highest BCUT2D eigenvalue weighted by Crippen LogP contribution is 2.26. The second-order valence-electron chi connectivity index (χ2n) is 4.64. The molecule has 0 saturated carbocycles. The number of nitrogens with one attached hydrogen (secondary N) is 1. The van der Waals surface area contributed by atoms with E-state index in [-0.39, 0.29) is 5.91 Å². The Kier molecular flexibility index (Phi) is 5.90. The van der Waals surface area contributed by atoms with E-state index in [0.29, 0.717) is 5.75 Å². The number of hydrogen-bond acceptors (Lipinski definition) is 2. The Balaban J connectivity index is 1.96. The van der Waals surface area contributed by atoms with Gasteiger partial charge in [0.25, 0.3) is 0 Å². The van der Waals surface area contributed by atoms with Crippen molar-refractivity contribution in [2.45, 2.75) is 18.7 Å². The van der Waals surface area contributed by atoms with Gasteiger partial charge in [0, 0.05) is 19.5 Å².